The average molecular weight is 426 g/mol. The van der Waals surface area contributed by atoms with Gasteiger partial charge in [0.25, 0.3) is 0 Å². The number of ether oxygens (including phenoxy) is 2. The maximum Gasteiger partial charge on any atom is 0.163 e. The highest BCUT2D eigenvalue weighted by atomic mass is 35.5. The summed E-state index contributed by atoms with van der Waals surface area (Å²) in [5.74, 6) is 1.21. The molecule has 2 aromatic carbocycles. The van der Waals surface area contributed by atoms with Gasteiger partial charge in [0.15, 0.2) is 11.5 Å². The lowest BCUT2D eigenvalue weighted by atomic mass is 10.1. The van der Waals surface area contributed by atoms with E-state index < -0.39 is 5.82 Å². The van der Waals surface area contributed by atoms with Gasteiger partial charge < -0.3 is 20.5 Å². The Hall–Kier alpha value is -3.38. The molecule has 0 spiro atoms. The summed E-state index contributed by atoms with van der Waals surface area (Å²) in [6, 6.07) is 9.92. The maximum atomic E-state index is 14.7. The van der Waals surface area contributed by atoms with Gasteiger partial charge in [0.2, 0.25) is 0 Å². The zero-order valence-electron chi connectivity index (χ0n) is 16.4. The summed E-state index contributed by atoms with van der Waals surface area (Å²) in [5, 5.41) is 3.51. The molecule has 3 N–H and O–H groups in total. The van der Waals surface area contributed by atoms with Crippen LogP contribution >= 0.6 is 11.6 Å². The lowest BCUT2D eigenvalue weighted by Crippen LogP contribution is -2.29. The molecule has 5 nitrogen and oxygen atoms in total. The Morgan fingerprint density at radius 2 is 1.97 bits per heavy atom. The molecule has 0 unspecified atom stereocenters. The number of nitrogens with zero attached hydrogens (tertiary/aromatic N) is 1. The topological polar surface area (TPSA) is 59.8 Å². The zero-order chi connectivity index (χ0) is 21.3. The van der Waals surface area contributed by atoms with Crippen LogP contribution in [0.5, 0.6) is 11.5 Å². The van der Waals surface area contributed by atoms with E-state index in [1.165, 1.54) is 12.1 Å². The molecule has 0 saturated heterocycles. The second-order valence-electron chi connectivity index (χ2n) is 6.84. The lowest BCUT2D eigenvalue weighted by Gasteiger charge is -2.32. The molecule has 0 aromatic heterocycles. The fourth-order valence-corrected chi connectivity index (χ4v) is 3.63. The first kappa shape index (κ1) is 19.9. The third kappa shape index (κ3) is 3.74. The Balaban J connectivity index is 1.83. The van der Waals surface area contributed by atoms with Gasteiger partial charge in [-0.15, -0.1) is 0 Å². The molecule has 2 aliphatic rings. The van der Waals surface area contributed by atoms with Gasteiger partial charge in [0.1, 0.15) is 24.9 Å². The molecule has 4 rings (SSSR count). The van der Waals surface area contributed by atoms with E-state index in [9.17, 15) is 4.39 Å². The number of hydrogen-bond donors (Lipinski definition) is 2. The predicted octanol–water partition coefficient (Wildman–Crippen LogP) is 5.24. The van der Waals surface area contributed by atoms with E-state index in [2.05, 4.69) is 11.9 Å². The first-order valence-corrected chi connectivity index (χ1v) is 9.78. The number of anilines is 1. The lowest BCUT2D eigenvalue weighted by molar-refractivity contribution is 0.171. The molecule has 0 radical (unpaired) electrons. The van der Waals surface area contributed by atoms with Crippen molar-refractivity contribution in [2.45, 2.75) is 6.92 Å². The predicted molar refractivity (Wildman–Crippen MR) is 117 cm³/mol. The smallest absolute Gasteiger partial charge is 0.163 e. The van der Waals surface area contributed by atoms with Crippen LogP contribution < -0.4 is 20.5 Å². The second-order valence-corrected chi connectivity index (χ2v) is 7.24. The number of halogens is 2. The minimum Gasteiger partial charge on any atom is -0.486 e. The van der Waals surface area contributed by atoms with Gasteiger partial charge in [-0.25, -0.2) is 4.39 Å². The highest BCUT2D eigenvalue weighted by Gasteiger charge is 2.23. The van der Waals surface area contributed by atoms with Gasteiger partial charge in [0.05, 0.1) is 16.3 Å². The summed E-state index contributed by atoms with van der Waals surface area (Å²) in [5.41, 5.74) is 8.98. The second kappa shape index (κ2) is 8.16. The van der Waals surface area contributed by atoms with Crippen molar-refractivity contribution in [3.63, 3.8) is 0 Å². The molecule has 2 heterocycles. The molecule has 0 amide bonds. The number of nitrogens with one attached hydrogen (secondary N) is 1. The van der Waals surface area contributed by atoms with Crippen molar-refractivity contribution in [3.8, 4) is 11.5 Å². The van der Waals surface area contributed by atoms with Gasteiger partial charge in [-0.1, -0.05) is 30.3 Å². The van der Waals surface area contributed by atoms with Crippen molar-refractivity contribution in [1.82, 2.24) is 4.90 Å². The first-order chi connectivity index (χ1) is 14.5. The Labute approximate surface area is 179 Å². The number of allylic oxidation sites excluding steroid dienone is 4. The summed E-state index contributed by atoms with van der Waals surface area (Å²) < 4.78 is 25.9. The van der Waals surface area contributed by atoms with E-state index >= 15 is 0 Å². The van der Waals surface area contributed by atoms with Crippen LogP contribution in [-0.2, 0) is 0 Å². The first-order valence-electron chi connectivity index (χ1n) is 9.40. The van der Waals surface area contributed by atoms with Gasteiger partial charge in [-0.3, -0.25) is 4.90 Å². The Kier molecular flexibility index (Phi) is 5.42. The molecule has 0 bridgehead atoms. The van der Waals surface area contributed by atoms with Crippen LogP contribution in [0.15, 0.2) is 78.4 Å². The Morgan fingerprint density at radius 1 is 1.20 bits per heavy atom. The summed E-state index contributed by atoms with van der Waals surface area (Å²) in [6.07, 6.45) is 5.65. The van der Waals surface area contributed by atoms with Gasteiger partial charge in [-0.05, 0) is 43.3 Å². The highest BCUT2D eigenvalue weighted by molar-refractivity contribution is 6.32. The molecule has 0 fully saturated rings. The maximum absolute atomic E-state index is 14.7. The number of fused-ring (bicyclic) bond motifs is 1. The fourth-order valence-electron chi connectivity index (χ4n) is 3.37. The summed E-state index contributed by atoms with van der Waals surface area (Å²) in [6.45, 7) is 6.99. The quantitative estimate of drug-likeness (QED) is 0.701. The monoisotopic (exact) mass is 425 g/mol. The van der Waals surface area contributed by atoms with E-state index in [4.69, 9.17) is 26.8 Å². The number of nitrogens with two attached hydrogens (primary N) is 1. The third-order valence-electron chi connectivity index (χ3n) is 4.78. The van der Waals surface area contributed by atoms with Crippen LogP contribution in [0.3, 0.4) is 0 Å². The molecule has 0 aliphatic carbocycles. The van der Waals surface area contributed by atoms with Gasteiger partial charge in [0, 0.05) is 23.1 Å². The summed E-state index contributed by atoms with van der Waals surface area (Å²) in [4.78, 5) is 1.81. The molecular formula is C23H21ClFN3O2. The van der Waals surface area contributed by atoms with Crippen LogP contribution in [0, 0.1) is 5.82 Å². The molecule has 7 heteroatoms. The van der Waals surface area contributed by atoms with Gasteiger partial charge >= 0.3 is 0 Å². The molecule has 30 heavy (non-hydrogen) atoms. The van der Waals surface area contributed by atoms with Crippen LogP contribution in [0.2, 0.25) is 5.02 Å². The van der Waals surface area contributed by atoms with Crippen LogP contribution in [0.25, 0.3) is 5.70 Å². The number of rotatable bonds is 4. The fraction of sp³-hybridized carbons (Fsp3) is 0.130. The van der Waals surface area contributed by atoms with Crippen molar-refractivity contribution in [3.05, 3.63) is 94.8 Å². The SMILES string of the molecule is C=C1C=CC=C(C)N1/C(Nc1ccc2c(c1)OCCO2)=C(\N)c1c(F)cccc1Cl. The Morgan fingerprint density at radius 3 is 2.70 bits per heavy atom. The van der Waals surface area contributed by atoms with E-state index in [1.54, 1.807) is 6.07 Å². The van der Waals surface area contributed by atoms with E-state index in [0.717, 1.165) is 5.70 Å². The van der Waals surface area contributed by atoms with Crippen molar-refractivity contribution in [2.24, 2.45) is 5.73 Å². The molecule has 2 aliphatic heterocycles. The van der Waals surface area contributed by atoms with E-state index in [1.807, 2.05) is 48.3 Å². The van der Waals surface area contributed by atoms with Crippen molar-refractivity contribution in [1.29, 1.82) is 0 Å². The molecule has 0 atom stereocenters. The van der Waals surface area contributed by atoms with Crippen molar-refractivity contribution >= 4 is 23.0 Å². The number of benzene rings is 2. The van der Waals surface area contributed by atoms with E-state index in [-0.39, 0.29) is 16.3 Å². The molecule has 2 aromatic rings. The summed E-state index contributed by atoms with van der Waals surface area (Å²) in [7, 11) is 0. The molecule has 0 saturated carbocycles. The minimum atomic E-state index is -0.513. The third-order valence-corrected chi connectivity index (χ3v) is 5.10. The van der Waals surface area contributed by atoms with Crippen LogP contribution in [0.1, 0.15) is 12.5 Å². The van der Waals surface area contributed by atoms with E-state index in [0.29, 0.717) is 41.9 Å². The number of hydrogen-bond acceptors (Lipinski definition) is 5. The molecular weight excluding hydrogens is 405 g/mol. The summed E-state index contributed by atoms with van der Waals surface area (Å²) >= 11 is 6.29. The van der Waals surface area contributed by atoms with Crippen molar-refractivity contribution < 1.29 is 13.9 Å². The largest absolute Gasteiger partial charge is 0.486 e. The average Bonchev–Trinajstić information content (AvgIpc) is 2.72. The minimum absolute atomic E-state index is 0.120. The van der Waals surface area contributed by atoms with Gasteiger partial charge in [-0.2, -0.15) is 0 Å². The normalized spacial score (nSPS) is 16.2. The highest BCUT2D eigenvalue weighted by Crippen LogP contribution is 2.36. The van der Waals surface area contributed by atoms with Crippen LogP contribution in [0.4, 0.5) is 10.1 Å². The van der Waals surface area contributed by atoms with Crippen molar-refractivity contribution in [2.75, 3.05) is 18.5 Å². The standard InChI is InChI=1S/C23H21ClFN3O2/c1-14-5-3-6-15(2)28(14)23(22(26)21-17(24)7-4-8-18(21)25)27-16-9-10-19-20(13-16)30-12-11-29-19/h3-10,13,27H,1,11-12,26H2,2H3/b23-22-. The Bertz CT molecular complexity index is 1090. The zero-order valence-corrected chi connectivity index (χ0v) is 17.2. The molecule has 154 valence electrons. The van der Waals surface area contributed by atoms with Crippen LogP contribution in [-0.4, -0.2) is 18.1 Å².